The second kappa shape index (κ2) is 5.39. The van der Waals surface area contributed by atoms with Crippen molar-refractivity contribution in [3.05, 3.63) is 34.2 Å². The Morgan fingerprint density at radius 2 is 2.14 bits per heavy atom. The highest BCUT2D eigenvalue weighted by molar-refractivity contribution is 5.92. The number of aromatic amines is 1. The van der Waals surface area contributed by atoms with Crippen LogP contribution in [0.25, 0.3) is 11.0 Å². The monoisotopic (exact) mass is 288 g/mol. The topological polar surface area (TPSA) is 75.1 Å². The lowest BCUT2D eigenvalue weighted by Gasteiger charge is -2.28. The standard InChI is InChI=1S/C16H20N2O3/c1-10-4-2-3-5-12(10)9-18-14-8-11(15(19)20)6-7-13(14)17-16(18)21/h6-8,10,12H,2-5,9H2,1H3,(H,17,21)(H,19,20). The maximum atomic E-state index is 12.2. The predicted octanol–water partition coefficient (Wildman–Crippen LogP) is 2.85. The Morgan fingerprint density at radius 1 is 1.38 bits per heavy atom. The van der Waals surface area contributed by atoms with E-state index in [2.05, 4.69) is 11.9 Å². The van der Waals surface area contributed by atoms with Crippen LogP contribution < -0.4 is 5.69 Å². The molecule has 5 heteroatoms. The minimum absolute atomic E-state index is 0.148. The van der Waals surface area contributed by atoms with Crippen LogP contribution in [0.5, 0.6) is 0 Å². The van der Waals surface area contributed by atoms with Crippen molar-refractivity contribution in [2.45, 2.75) is 39.2 Å². The van der Waals surface area contributed by atoms with Crippen molar-refractivity contribution in [3.8, 4) is 0 Å². The van der Waals surface area contributed by atoms with E-state index in [0.29, 0.717) is 29.4 Å². The number of carboxylic acid groups (broad SMARTS) is 1. The number of hydrogen-bond donors (Lipinski definition) is 2. The Bertz CT molecular complexity index is 729. The molecule has 2 unspecified atom stereocenters. The summed E-state index contributed by atoms with van der Waals surface area (Å²) in [6.45, 7) is 2.91. The molecule has 2 N–H and O–H groups in total. The largest absolute Gasteiger partial charge is 0.478 e. The van der Waals surface area contributed by atoms with Crippen LogP contribution in [0.1, 0.15) is 43.0 Å². The first-order chi connectivity index (χ1) is 10.1. The van der Waals surface area contributed by atoms with Gasteiger partial charge in [-0.2, -0.15) is 0 Å². The van der Waals surface area contributed by atoms with Crippen molar-refractivity contribution >= 4 is 17.0 Å². The first-order valence-corrected chi connectivity index (χ1v) is 7.52. The van der Waals surface area contributed by atoms with Crippen molar-refractivity contribution in [3.63, 3.8) is 0 Å². The van der Waals surface area contributed by atoms with Crippen LogP contribution in [0.3, 0.4) is 0 Å². The second-order valence-corrected chi connectivity index (χ2v) is 6.10. The Balaban J connectivity index is 2.00. The quantitative estimate of drug-likeness (QED) is 0.912. The van der Waals surface area contributed by atoms with Crippen LogP contribution in [-0.2, 0) is 6.54 Å². The maximum absolute atomic E-state index is 12.2. The second-order valence-electron chi connectivity index (χ2n) is 6.10. The molecule has 1 aromatic heterocycles. The molecule has 1 saturated carbocycles. The van der Waals surface area contributed by atoms with E-state index in [4.69, 9.17) is 5.11 Å². The summed E-state index contributed by atoms with van der Waals surface area (Å²) in [4.78, 5) is 26.1. The third-order valence-electron chi connectivity index (χ3n) is 4.73. The number of hydrogen-bond acceptors (Lipinski definition) is 2. The zero-order valence-corrected chi connectivity index (χ0v) is 12.1. The summed E-state index contributed by atoms with van der Waals surface area (Å²) in [5.41, 5.74) is 1.46. The highest BCUT2D eigenvalue weighted by Gasteiger charge is 2.23. The number of fused-ring (bicyclic) bond motifs is 1. The average Bonchev–Trinajstić information content (AvgIpc) is 2.76. The van der Waals surface area contributed by atoms with Gasteiger partial charge in [0.05, 0.1) is 16.6 Å². The number of nitrogens with zero attached hydrogens (tertiary/aromatic N) is 1. The zero-order valence-electron chi connectivity index (χ0n) is 12.1. The fourth-order valence-corrected chi connectivity index (χ4v) is 3.37. The van der Waals surface area contributed by atoms with Gasteiger partial charge in [0.25, 0.3) is 0 Å². The number of benzene rings is 1. The molecule has 1 fully saturated rings. The molecule has 0 spiro atoms. The summed E-state index contributed by atoms with van der Waals surface area (Å²) < 4.78 is 1.70. The van der Waals surface area contributed by atoms with Crippen molar-refractivity contribution < 1.29 is 9.90 Å². The fraction of sp³-hybridized carbons (Fsp3) is 0.500. The molecular weight excluding hydrogens is 268 g/mol. The van der Waals surface area contributed by atoms with E-state index in [1.807, 2.05) is 0 Å². The Hall–Kier alpha value is -2.04. The van der Waals surface area contributed by atoms with Gasteiger partial charge in [-0.1, -0.05) is 26.2 Å². The minimum atomic E-state index is -0.969. The van der Waals surface area contributed by atoms with E-state index in [0.717, 1.165) is 6.42 Å². The lowest BCUT2D eigenvalue weighted by Crippen LogP contribution is -2.27. The number of H-pyrrole nitrogens is 1. The van der Waals surface area contributed by atoms with Crippen molar-refractivity contribution in [2.24, 2.45) is 11.8 Å². The zero-order chi connectivity index (χ0) is 15.0. The van der Waals surface area contributed by atoms with E-state index in [9.17, 15) is 9.59 Å². The maximum Gasteiger partial charge on any atom is 0.335 e. The van der Waals surface area contributed by atoms with E-state index in [1.54, 1.807) is 16.7 Å². The predicted molar refractivity (Wildman–Crippen MR) is 80.6 cm³/mol. The van der Waals surface area contributed by atoms with Gasteiger partial charge in [0.1, 0.15) is 0 Å². The molecular formula is C16H20N2O3. The molecule has 1 aromatic carbocycles. The molecule has 1 aliphatic carbocycles. The van der Waals surface area contributed by atoms with Gasteiger partial charge >= 0.3 is 11.7 Å². The molecule has 3 rings (SSSR count). The highest BCUT2D eigenvalue weighted by Crippen LogP contribution is 2.31. The highest BCUT2D eigenvalue weighted by atomic mass is 16.4. The summed E-state index contributed by atoms with van der Waals surface area (Å²) in [5.74, 6) is 0.130. The van der Waals surface area contributed by atoms with Gasteiger partial charge in [0.15, 0.2) is 0 Å². The van der Waals surface area contributed by atoms with Gasteiger partial charge in [-0.25, -0.2) is 9.59 Å². The fourth-order valence-electron chi connectivity index (χ4n) is 3.37. The number of imidazole rings is 1. The summed E-state index contributed by atoms with van der Waals surface area (Å²) in [6, 6.07) is 4.78. The molecule has 112 valence electrons. The number of carbonyl (C=O) groups is 1. The van der Waals surface area contributed by atoms with Crippen LogP contribution in [0.2, 0.25) is 0 Å². The van der Waals surface area contributed by atoms with E-state index in [-0.39, 0.29) is 11.3 Å². The molecule has 21 heavy (non-hydrogen) atoms. The molecule has 0 saturated heterocycles. The summed E-state index contributed by atoms with van der Waals surface area (Å²) in [6.07, 6.45) is 4.83. The van der Waals surface area contributed by atoms with E-state index < -0.39 is 5.97 Å². The van der Waals surface area contributed by atoms with Crippen LogP contribution in [0.4, 0.5) is 0 Å². The Morgan fingerprint density at radius 3 is 2.86 bits per heavy atom. The molecule has 2 atom stereocenters. The van der Waals surface area contributed by atoms with Gasteiger partial charge < -0.3 is 10.1 Å². The smallest absolute Gasteiger partial charge is 0.335 e. The molecule has 0 aliphatic heterocycles. The number of aromatic carboxylic acids is 1. The lowest BCUT2D eigenvalue weighted by molar-refractivity contribution is 0.0697. The van der Waals surface area contributed by atoms with Gasteiger partial charge in [-0.15, -0.1) is 0 Å². The average molecular weight is 288 g/mol. The molecule has 5 nitrogen and oxygen atoms in total. The summed E-state index contributed by atoms with van der Waals surface area (Å²) in [5, 5.41) is 9.11. The third-order valence-corrected chi connectivity index (χ3v) is 4.73. The number of carboxylic acids is 1. The minimum Gasteiger partial charge on any atom is -0.478 e. The summed E-state index contributed by atoms with van der Waals surface area (Å²) >= 11 is 0. The van der Waals surface area contributed by atoms with E-state index in [1.165, 1.54) is 25.3 Å². The van der Waals surface area contributed by atoms with Crippen molar-refractivity contribution in [1.29, 1.82) is 0 Å². The Kier molecular flexibility index (Phi) is 3.57. The molecule has 0 bridgehead atoms. The first kappa shape index (κ1) is 13.9. The van der Waals surface area contributed by atoms with Gasteiger partial charge in [-0.3, -0.25) is 4.57 Å². The van der Waals surface area contributed by atoms with Crippen LogP contribution in [0.15, 0.2) is 23.0 Å². The van der Waals surface area contributed by atoms with Crippen LogP contribution in [-0.4, -0.2) is 20.6 Å². The number of nitrogens with one attached hydrogen (secondary N) is 1. The van der Waals surface area contributed by atoms with Gasteiger partial charge in [-0.05, 0) is 36.5 Å². The summed E-state index contributed by atoms with van der Waals surface area (Å²) in [7, 11) is 0. The van der Waals surface area contributed by atoms with Gasteiger partial charge in [0, 0.05) is 6.54 Å². The van der Waals surface area contributed by atoms with Crippen LogP contribution >= 0.6 is 0 Å². The SMILES string of the molecule is CC1CCCCC1Cn1c(=O)[nH]c2ccc(C(=O)O)cc21. The van der Waals surface area contributed by atoms with Crippen molar-refractivity contribution in [1.82, 2.24) is 9.55 Å². The molecule has 2 aromatic rings. The number of rotatable bonds is 3. The van der Waals surface area contributed by atoms with Crippen LogP contribution in [0, 0.1) is 11.8 Å². The molecule has 0 radical (unpaired) electrons. The van der Waals surface area contributed by atoms with E-state index >= 15 is 0 Å². The molecule has 0 amide bonds. The molecule has 1 heterocycles. The normalized spacial score (nSPS) is 22.5. The van der Waals surface area contributed by atoms with Crippen molar-refractivity contribution in [2.75, 3.05) is 0 Å². The van der Waals surface area contributed by atoms with Gasteiger partial charge in [0.2, 0.25) is 0 Å². The third kappa shape index (κ3) is 2.60. The molecule has 1 aliphatic rings. The Labute approximate surface area is 122 Å². The number of aromatic nitrogens is 2. The first-order valence-electron chi connectivity index (χ1n) is 7.52. The lowest BCUT2D eigenvalue weighted by atomic mass is 9.80.